The van der Waals surface area contributed by atoms with Crippen molar-refractivity contribution in [1.82, 2.24) is 14.7 Å². The van der Waals surface area contributed by atoms with Gasteiger partial charge in [-0.05, 0) is 68.0 Å². The molecule has 10 nitrogen and oxygen atoms in total. The number of anilines is 1. The molecule has 3 fully saturated rings. The van der Waals surface area contributed by atoms with E-state index >= 15 is 0 Å². The first-order valence-corrected chi connectivity index (χ1v) is 16.6. The molecule has 0 bridgehead atoms. The van der Waals surface area contributed by atoms with Crippen molar-refractivity contribution in [2.24, 2.45) is 0 Å². The van der Waals surface area contributed by atoms with E-state index in [1.54, 1.807) is 0 Å². The topological polar surface area (TPSA) is 116 Å². The Morgan fingerprint density at radius 3 is 2.40 bits per heavy atom. The number of nitrogens with zero attached hydrogens (tertiary/aromatic N) is 4. The highest BCUT2D eigenvalue weighted by molar-refractivity contribution is 5.91. The van der Waals surface area contributed by atoms with Crippen LogP contribution in [0.15, 0.2) is 36.4 Å². The van der Waals surface area contributed by atoms with Crippen LogP contribution in [0.1, 0.15) is 67.2 Å². The monoisotopic (exact) mass is 617 g/mol. The molecule has 242 valence electrons. The first-order chi connectivity index (χ1) is 21.7. The number of hydrogen-bond acceptors (Lipinski definition) is 7. The number of piperidine rings is 1. The third-order valence-electron chi connectivity index (χ3n) is 11.3. The van der Waals surface area contributed by atoms with Gasteiger partial charge in [-0.15, -0.1) is 0 Å². The molecule has 10 heteroatoms. The highest BCUT2D eigenvalue weighted by atomic mass is 16.4. The van der Waals surface area contributed by atoms with Crippen LogP contribution in [-0.4, -0.2) is 99.7 Å². The van der Waals surface area contributed by atoms with Crippen molar-refractivity contribution in [2.75, 3.05) is 44.6 Å². The number of hydrogen-bond donors (Lipinski definition) is 2. The van der Waals surface area contributed by atoms with Crippen LogP contribution in [0.4, 0.5) is 15.3 Å². The van der Waals surface area contributed by atoms with E-state index in [9.17, 15) is 24.6 Å². The average molecular weight is 618 g/mol. The number of para-hydroxylation sites is 1. The first kappa shape index (κ1) is 31.5. The van der Waals surface area contributed by atoms with E-state index in [0.717, 1.165) is 36.2 Å². The fraction of sp³-hybridized carbons (Fsp3) is 0.571. The summed E-state index contributed by atoms with van der Waals surface area (Å²) in [6.45, 7) is 7.44. The van der Waals surface area contributed by atoms with Crippen molar-refractivity contribution in [2.45, 2.75) is 89.5 Å². The quantitative estimate of drug-likeness (QED) is 0.359. The lowest BCUT2D eigenvalue weighted by molar-refractivity contribution is -0.956. The molecule has 2 unspecified atom stereocenters. The second-order valence-corrected chi connectivity index (χ2v) is 13.7. The van der Waals surface area contributed by atoms with Crippen molar-refractivity contribution >= 4 is 24.1 Å². The number of urea groups is 1. The van der Waals surface area contributed by atoms with Crippen LogP contribution in [0.2, 0.25) is 0 Å². The normalized spacial score (nSPS) is 28.4. The lowest BCUT2D eigenvalue weighted by atomic mass is 9.82. The summed E-state index contributed by atoms with van der Waals surface area (Å²) in [5.41, 5.74) is 2.93. The second-order valence-electron chi connectivity index (χ2n) is 13.7. The molecule has 0 aromatic heterocycles. The lowest BCUT2D eigenvalue weighted by Gasteiger charge is -2.62. The van der Waals surface area contributed by atoms with Gasteiger partial charge in [0.05, 0.1) is 13.0 Å². The molecule has 2 aromatic rings. The smallest absolute Gasteiger partial charge is 0.322 e. The number of aryl methyl sites for hydroxylation is 2. The third-order valence-corrected chi connectivity index (χ3v) is 11.3. The van der Waals surface area contributed by atoms with Gasteiger partial charge in [0.15, 0.2) is 5.66 Å². The largest absolute Gasteiger partial charge is 0.507 e. The third kappa shape index (κ3) is 5.72. The molecule has 3 amide bonds. The molecular weight excluding hydrogens is 570 g/mol. The van der Waals surface area contributed by atoms with Gasteiger partial charge in [-0.1, -0.05) is 31.0 Å². The summed E-state index contributed by atoms with van der Waals surface area (Å²) < 4.78 is -0.412. The van der Waals surface area contributed by atoms with Crippen molar-refractivity contribution in [3.8, 4) is 5.75 Å². The highest BCUT2D eigenvalue weighted by Crippen LogP contribution is 2.45. The lowest BCUT2D eigenvalue weighted by Crippen LogP contribution is -2.81. The fourth-order valence-electron chi connectivity index (χ4n) is 8.93. The maximum absolute atomic E-state index is 13.7. The van der Waals surface area contributed by atoms with Gasteiger partial charge >= 0.3 is 6.03 Å². The van der Waals surface area contributed by atoms with Crippen molar-refractivity contribution in [3.05, 3.63) is 58.7 Å². The molecule has 6 rings (SSSR count). The summed E-state index contributed by atoms with van der Waals surface area (Å²) in [5.74, 6) is 0.202. The van der Waals surface area contributed by atoms with E-state index in [1.807, 2.05) is 55.1 Å². The van der Waals surface area contributed by atoms with Gasteiger partial charge in [0.2, 0.25) is 0 Å². The van der Waals surface area contributed by atoms with Crippen LogP contribution < -0.4 is 10.4 Å². The summed E-state index contributed by atoms with van der Waals surface area (Å²) in [6, 6.07) is 11.7. The van der Waals surface area contributed by atoms with Gasteiger partial charge in [-0.3, -0.25) is 9.38 Å². The van der Waals surface area contributed by atoms with Gasteiger partial charge in [-0.2, -0.15) is 0 Å². The predicted molar refractivity (Wildman–Crippen MR) is 170 cm³/mol. The number of piperazine rings is 1. The molecule has 3 aliphatic heterocycles. The molecule has 4 aliphatic rings. The van der Waals surface area contributed by atoms with E-state index in [4.69, 9.17) is 0 Å². The Morgan fingerprint density at radius 1 is 1.04 bits per heavy atom. The Kier molecular flexibility index (Phi) is 8.91. The Hall–Kier alpha value is -3.47. The van der Waals surface area contributed by atoms with E-state index in [1.165, 1.54) is 25.7 Å². The summed E-state index contributed by atoms with van der Waals surface area (Å²) >= 11 is 0. The van der Waals surface area contributed by atoms with Crippen molar-refractivity contribution in [3.63, 3.8) is 0 Å². The Morgan fingerprint density at radius 2 is 1.73 bits per heavy atom. The minimum absolute atomic E-state index is 0.0205. The van der Waals surface area contributed by atoms with Gasteiger partial charge in [-0.25, -0.2) is 9.69 Å². The molecule has 0 radical (unpaired) electrons. The average Bonchev–Trinajstić information content (AvgIpc) is 3.51. The molecule has 3 heterocycles. The van der Waals surface area contributed by atoms with Crippen LogP contribution in [0, 0.1) is 13.8 Å². The number of rotatable bonds is 7. The number of likely N-dealkylation sites (tertiary alicyclic amines) is 1. The maximum Gasteiger partial charge on any atom is 0.322 e. The van der Waals surface area contributed by atoms with Crippen LogP contribution in [0.5, 0.6) is 5.75 Å². The summed E-state index contributed by atoms with van der Waals surface area (Å²) in [5, 5.41) is 27.2. The Balaban J connectivity index is 1.38. The van der Waals surface area contributed by atoms with E-state index in [2.05, 4.69) is 15.1 Å². The second kappa shape index (κ2) is 12.7. The number of benzene rings is 2. The Bertz CT molecular complexity index is 1410. The summed E-state index contributed by atoms with van der Waals surface area (Å²) in [7, 11) is 0. The number of amides is 3. The number of nitrogens with one attached hydrogen (secondary N) is 1. The van der Waals surface area contributed by atoms with Crippen LogP contribution >= 0.6 is 0 Å². The van der Waals surface area contributed by atoms with Gasteiger partial charge in [0, 0.05) is 68.9 Å². The number of carboxylic acid groups (broad SMARTS) is 1. The number of fused-ring (bicyclic) bond motifs is 1. The number of quaternary nitrogens is 1. The van der Waals surface area contributed by atoms with Crippen LogP contribution in [-0.2, 0) is 17.8 Å². The fourth-order valence-corrected chi connectivity index (χ4v) is 8.93. The van der Waals surface area contributed by atoms with E-state index in [-0.39, 0.29) is 37.3 Å². The molecule has 1 saturated carbocycles. The van der Waals surface area contributed by atoms with Crippen molar-refractivity contribution < 1.29 is 29.1 Å². The standard InChI is InChI=1S/C35H47N5O5/c1-25-21-27(22-26(2)32(25)42)24-40(34(44)45)19-12-30(39-14-11-28-7-3-6-10-31(28)36-33(39)43)23-35(40,13-20-41)38-17-15-37(16-18-38)29-8-4-5-9-29/h3,6-7,10,20-22,29-30H,4-5,8-9,11-19,23-24H2,1-2H3,(H2-,36,42,43,44,45)/t30?,35?,40-/m0/s1. The van der Waals surface area contributed by atoms with Gasteiger partial charge in [0.1, 0.15) is 18.6 Å². The SMILES string of the molecule is Cc1cc(C[N@+]2(C(=O)[O-])CCC(N3CCc4ccccc4NC3=O)CC2(CC=O)N2CCN(C3CCCC3)CC2)cc(C)c1O. The number of carbonyl (C=O) groups excluding carboxylic acids is 3. The zero-order chi connectivity index (χ0) is 31.8. The van der Waals surface area contributed by atoms with Gasteiger partial charge in [0.25, 0.3) is 6.09 Å². The highest BCUT2D eigenvalue weighted by Gasteiger charge is 2.61. The molecule has 45 heavy (non-hydrogen) atoms. The summed E-state index contributed by atoms with van der Waals surface area (Å²) in [4.78, 5) is 46.6. The zero-order valence-electron chi connectivity index (χ0n) is 26.7. The number of aldehydes is 1. The van der Waals surface area contributed by atoms with E-state index in [0.29, 0.717) is 56.1 Å². The first-order valence-electron chi connectivity index (χ1n) is 16.6. The van der Waals surface area contributed by atoms with Crippen molar-refractivity contribution in [1.29, 1.82) is 0 Å². The number of aromatic hydroxyl groups is 1. The molecule has 1 aliphatic carbocycles. The van der Waals surface area contributed by atoms with Crippen LogP contribution in [0.3, 0.4) is 0 Å². The van der Waals surface area contributed by atoms with Gasteiger partial charge < -0.3 is 30.0 Å². The molecule has 2 N–H and O–H groups in total. The van der Waals surface area contributed by atoms with Crippen LogP contribution in [0.25, 0.3) is 0 Å². The Labute approximate surface area is 266 Å². The minimum Gasteiger partial charge on any atom is -0.507 e. The zero-order valence-corrected chi connectivity index (χ0v) is 26.7. The predicted octanol–water partition coefficient (Wildman–Crippen LogP) is 3.77. The maximum atomic E-state index is 13.7. The molecule has 3 atom stereocenters. The molecular formula is C35H47N5O5. The minimum atomic E-state index is -1.20. The molecule has 2 aromatic carbocycles. The molecule has 2 saturated heterocycles. The number of phenolic OH excluding ortho intramolecular Hbond substituents is 1. The summed E-state index contributed by atoms with van der Waals surface area (Å²) in [6.07, 6.45) is 6.10. The van der Waals surface area contributed by atoms with E-state index < -0.39 is 16.2 Å². The number of phenols is 1. The molecule has 0 spiro atoms. The number of carbonyl (C=O) groups is 3.